The quantitative estimate of drug-likeness (QED) is 0.731. The first-order chi connectivity index (χ1) is 7.64. The van der Waals surface area contributed by atoms with E-state index in [-0.39, 0.29) is 5.41 Å². The van der Waals surface area contributed by atoms with Crippen molar-refractivity contribution in [2.24, 2.45) is 11.1 Å². The van der Waals surface area contributed by atoms with E-state index in [0.29, 0.717) is 26.2 Å². The molecule has 2 saturated carbocycles. The standard InChI is InChI=1S/C12H21NO3/c13-9-10(4-5-10)11(14)2-1-3-12(8-11)15-6-7-16-12/h14H,1-9,13H2. The highest BCUT2D eigenvalue weighted by Gasteiger charge is 2.62. The summed E-state index contributed by atoms with van der Waals surface area (Å²) in [5.74, 6) is -0.502. The number of hydrogen-bond donors (Lipinski definition) is 2. The summed E-state index contributed by atoms with van der Waals surface area (Å²) in [4.78, 5) is 0. The summed E-state index contributed by atoms with van der Waals surface area (Å²) >= 11 is 0. The van der Waals surface area contributed by atoms with E-state index in [2.05, 4.69) is 0 Å². The molecule has 3 N–H and O–H groups in total. The summed E-state index contributed by atoms with van der Waals surface area (Å²) in [5, 5.41) is 10.8. The van der Waals surface area contributed by atoms with Crippen molar-refractivity contribution in [3.05, 3.63) is 0 Å². The van der Waals surface area contributed by atoms with Crippen molar-refractivity contribution in [2.75, 3.05) is 19.8 Å². The van der Waals surface area contributed by atoms with Gasteiger partial charge in [-0.3, -0.25) is 0 Å². The minimum atomic E-state index is -0.662. The molecule has 92 valence electrons. The Bertz CT molecular complexity index is 284. The first-order valence-electron chi connectivity index (χ1n) is 6.34. The molecule has 0 amide bonds. The van der Waals surface area contributed by atoms with Gasteiger partial charge in [-0.05, 0) is 25.7 Å². The zero-order valence-electron chi connectivity index (χ0n) is 9.71. The van der Waals surface area contributed by atoms with Crippen molar-refractivity contribution in [1.82, 2.24) is 0 Å². The summed E-state index contributed by atoms with van der Waals surface area (Å²) < 4.78 is 11.4. The number of ether oxygens (including phenoxy) is 2. The normalized spacial score (nSPS) is 40.1. The van der Waals surface area contributed by atoms with Crippen LogP contribution in [0.25, 0.3) is 0 Å². The Balaban J connectivity index is 1.81. The van der Waals surface area contributed by atoms with Gasteiger partial charge < -0.3 is 20.3 Å². The van der Waals surface area contributed by atoms with Gasteiger partial charge in [0.25, 0.3) is 0 Å². The van der Waals surface area contributed by atoms with Crippen LogP contribution in [0.5, 0.6) is 0 Å². The lowest BCUT2D eigenvalue weighted by Gasteiger charge is -2.46. The lowest BCUT2D eigenvalue weighted by molar-refractivity contribution is -0.231. The predicted molar refractivity (Wildman–Crippen MR) is 58.8 cm³/mol. The average Bonchev–Trinajstić information content (AvgIpc) is 2.98. The van der Waals surface area contributed by atoms with Gasteiger partial charge in [0, 0.05) is 24.8 Å². The van der Waals surface area contributed by atoms with Gasteiger partial charge in [0.05, 0.1) is 18.8 Å². The van der Waals surface area contributed by atoms with E-state index in [1.54, 1.807) is 0 Å². The minimum absolute atomic E-state index is 0.0459. The maximum absolute atomic E-state index is 10.8. The Morgan fingerprint density at radius 3 is 2.31 bits per heavy atom. The molecule has 1 unspecified atom stereocenters. The summed E-state index contributed by atoms with van der Waals surface area (Å²) in [6.07, 6.45) is 5.44. The molecule has 16 heavy (non-hydrogen) atoms. The summed E-state index contributed by atoms with van der Waals surface area (Å²) in [6, 6.07) is 0. The molecule has 1 heterocycles. The van der Waals surface area contributed by atoms with Crippen LogP contribution in [-0.2, 0) is 9.47 Å². The molecule has 3 fully saturated rings. The van der Waals surface area contributed by atoms with Gasteiger partial charge in [-0.25, -0.2) is 0 Å². The van der Waals surface area contributed by atoms with Crippen LogP contribution < -0.4 is 5.73 Å². The largest absolute Gasteiger partial charge is 0.389 e. The van der Waals surface area contributed by atoms with Crippen molar-refractivity contribution >= 4 is 0 Å². The van der Waals surface area contributed by atoms with Crippen molar-refractivity contribution in [1.29, 1.82) is 0 Å². The lowest BCUT2D eigenvalue weighted by atomic mass is 9.71. The third-order valence-electron chi connectivity index (χ3n) is 4.75. The van der Waals surface area contributed by atoms with Gasteiger partial charge in [0.1, 0.15) is 0 Å². The molecule has 2 aliphatic carbocycles. The maximum Gasteiger partial charge on any atom is 0.171 e. The molecule has 0 aromatic carbocycles. The Labute approximate surface area is 96.1 Å². The van der Waals surface area contributed by atoms with Gasteiger partial charge in [-0.15, -0.1) is 0 Å². The summed E-state index contributed by atoms with van der Waals surface area (Å²) in [5.41, 5.74) is 5.12. The van der Waals surface area contributed by atoms with Crippen LogP contribution in [0.2, 0.25) is 0 Å². The number of hydrogen-bond acceptors (Lipinski definition) is 4. The van der Waals surface area contributed by atoms with Crippen LogP contribution in [0.1, 0.15) is 38.5 Å². The van der Waals surface area contributed by atoms with E-state index in [4.69, 9.17) is 15.2 Å². The van der Waals surface area contributed by atoms with E-state index in [1.807, 2.05) is 0 Å². The first kappa shape index (κ1) is 11.0. The van der Waals surface area contributed by atoms with E-state index < -0.39 is 11.4 Å². The van der Waals surface area contributed by atoms with Crippen molar-refractivity contribution < 1.29 is 14.6 Å². The number of nitrogens with two attached hydrogens (primary N) is 1. The average molecular weight is 227 g/mol. The number of rotatable bonds is 2. The van der Waals surface area contributed by atoms with Gasteiger partial charge >= 0.3 is 0 Å². The fourth-order valence-electron chi connectivity index (χ4n) is 3.48. The molecular formula is C12H21NO3. The highest BCUT2D eigenvalue weighted by atomic mass is 16.7. The summed E-state index contributed by atoms with van der Waals surface area (Å²) in [7, 11) is 0. The van der Waals surface area contributed by atoms with Gasteiger partial charge in [-0.2, -0.15) is 0 Å². The van der Waals surface area contributed by atoms with E-state index in [1.165, 1.54) is 0 Å². The Hall–Kier alpha value is -0.160. The van der Waals surface area contributed by atoms with Crippen LogP contribution in [0, 0.1) is 5.41 Å². The third-order valence-corrected chi connectivity index (χ3v) is 4.75. The topological polar surface area (TPSA) is 64.7 Å². The van der Waals surface area contributed by atoms with Crippen LogP contribution in [0.4, 0.5) is 0 Å². The van der Waals surface area contributed by atoms with Gasteiger partial charge in [-0.1, -0.05) is 0 Å². The number of aliphatic hydroxyl groups is 1. The third kappa shape index (κ3) is 1.44. The highest BCUT2D eigenvalue weighted by molar-refractivity contribution is 5.12. The fraction of sp³-hybridized carbons (Fsp3) is 1.00. The molecule has 1 atom stereocenters. The molecule has 3 aliphatic rings. The van der Waals surface area contributed by atoms with E-state index >= 15 is 0 Å². The molecule has 0 aromatic heterocycles. The van der Waals surface area contributed by atoms with Gasteiger partial charge in [0.15, 0.2) is 5.79 Å². The monoisotopic (exact) mass is 227 g/mol. The molecule has 4 heteroatoms. The van der Waals surface area contributed by atoms with Crippen LogP contribution in [0.3, 0.4) is 0 Å². The van der Waals surface area contributed by atoms with Crippen molar-refractivity contribution in [3.8, 4) is 0 Å². The zero-order chi connectivity index (χ0) is 11.3. The molecule has 1 aliphatic heterocycles. The molecule has 1 saturated heterocycles. The van der Waals surface area contributed by atoms with Crippen LogP contribution in [0.15, 0.2) is 0 Å². The molecule has 0 bridgehead atoms. The smallest absolute Gasteiger partial charge is 0.171 e. The van der Waals surface area contributed by atoms with Crippen molar-refractivity contribution in [3.63, 3.8) is 0 Å². The second-order valence-corrected chi connectivity index (χ2v) is 5.65. The van der Waals surface area contributed by atoms with E-state index in [9.17, 15) is 5.11 Å². The lowest BCUT2D eigenvalue weighted by Crippen LogP contribution is -2.53. The SMILES string of the molecule is NCC1(C2(O)CCCC3(C2)OCCO3)CC1. The molecule has 4 nitrogen and oxygen atoms in total. The maximum atomic E-state index is 10.8. The van der Waals surface area contributed by atoms with E-state index in [0.717, 1.165) is 32.1 Å². The zero-order valence-corrected chi connectivity index (χ0v) is 9.71. The second kappa shape index (κ2) is 3.42. The van der Waals surface area contributed by atoms with Gasteiger partial charge in [0.2, 0.25) is 0 Å². The van der Waals surface area contributed by atoms with Crippen molar-refractivity contribution in [2.45, 2.75) is 49.9 Å². The molecule has 0 aromatic rings. The molecular weight excluding hydrogens is 206 g/mol. The Morgan fingerprint density at radius 2 is 1.75 bits per heavy atom. The molecule has 0 radical (unpaired) electrons. The fourth-order valence-corrected chi connectivity index (χ4v) is 3.48. The predicted octanol–water partition coefficient (Wildman–Crippen LogP) is 0.773. The minimum Gasteiger partial charge on any atom is -0.389 e. The Kier molecular flexibility index (Phi) is 2.34. The van der Waals surface area contributed by atoms with Crippen LogP contribution >= 0.6 is 0 Å². The Morgan fingerprint density at radius 1 is 1.06 bits per heavy atom. The highest BCUT2D eigenvalue weighted by Crippen LogP contribution is 2.60. The second-order valence-electron chi connectivity index (χ2n) is 5.65. The molecule has 1 spiro atoms. The summed E-state index contributed by atoms with van der Waals surface area (Å²) in [6.45, 7) is 1.90. The first-order valence-corrected chi connectivity index (χ1v) is 6.34. The molecule has 3 rings (SSSR count). The van der Waals surface area contributed by atoms with Crippen LogP contribution in [-0.4, -0.2) is 36.3 Å².